The lowest BCUT2D eigenvalue weighted by Gasteiger charge is -2.38. The lowest BCUT2D eigenvalue weighted by Crippen LogP contribution is -2.38. The van der Waals surface area contributed by atoms with Crippen molar-refractivity contribution in [2.45, 2.75) is 66.1 Å². The Kier molecular flexibility index (Phi) is 7.21. The second-order valence-corrected chi connectivity index (χ2v) is 11.1. The Bertz CT molecular complexity index is 1280. The van der Waals surface area contributed by atoms with Crippen LogP contribution < -0.4 is 9.47 Å². The summed E-state index contributed by atoms with van der Waals surface area (Å²) in [5.74, 6) is 1.33. The highest BCUT2D eigenvalue weighted by atomic mass is 19.1. The van der Waals surface area contributed by atoms with Crippen molar-refractivity contribution in [2.24, 2.45) is 17.8 Å². The number of benzene rings is 2. The van der Waals surface area contributed by atoms with Gasteiger partial charge in [-0.15, -0.1) is 0 Å². The zero-order valence-corrected chi connectivity index (χ0v) is 22.0. The number of hydrogen-bond donors (Lipinski definition) is 1. The molecule has 0 bridgehead atoms. The zero-order chi connectivity index (χ0) is 26.3. The smallest absolute Gasteiger partial charge is 0.213 e. The van der Waals surface area contributed by atoms with Gasteiger partial charge in [0.2, 0.25) is 5.88 Å². The highest BCUT2D eigenvalue weighted by Gasteiger charge is 2.34. The third-order valence-electron chi connectivity index (χ3n) is 8.01. The number of aliphatic hydroxyl groups is 1. The first-order chi connectivity index (χ1) is 17.7. The maximum Gasteiger partial charge on any atom is 0.213 e. The first-order valence-electron chi connectivity index (χ1n) is 13.2. The van der Waals surface area contributed by atoms with Crippen LogP contribution in [0.4, 0.5) is 8.78 Å². The second-order valence-electron chi connectivity index (χ2n) is 11.1. The molecule has 37 heavy (non-hydrogen) atoms. The van der Waals surface area contributed by atoms with E-state index in [4.69, 9.17) is 9.47 Å². The summed E-state index contributed by atoms with van der Waals surface area (Å²) in [4.78, 5) is 4.37. The summed E-state index contributed by atoms with van der Waals surface area (Å²) in [6, 6.07) is 8.25. The SMILES string of the molecule is Cc1cc(OC2CC(C(C)CO)C2)cc(C)c1-c1cc(COc2cc3c(cn2)CC(C)C3)c(F)cc1F. The van der Waals surface area contributed by atoms with Crippen LogP contribution >= 0.6 is 0 Å². The van der Waals surface area contributed by atoms with Gasteiger partial charge in [0.15, 0.2) is 0 Å². The minimum atomic E-state index is -0.636. The summed E-state index contributed by atoms with van der Waals surface area (Å²) < 4.78 is 41.7. The third kappa shape index (κ3) is 5.35. The largest absolute Gasteiger partial charge is 0.490 e. The second kappa shape index (κ2) is 10.4. The van der Waals surface area contributed by atoms with Crippen molar-refractivity contribution in [3.63, 3.8) is 0 Å². The quantitative estimate of drug-likeness (QED) is 0.367. The number of aromatic nitrogens is 1. The van der Waals surface area contributed by atoms with E-state index in [2.05, 4.69) is 18.8 Å². The van der Waals surface area contributed by atoms with Gasteiger partial charge in [0.1, 0.15) is 24.0 Å². The van der Waals surface area contributed by atoms with E-state index in [1.54, 1.807) is 6.07 Å². The Labute approximate surface area is 217 Å². The van der Waals surface area contributed by atoms with Gasteiger partial charge in [-0.1, -0.05) is 13.8 Å². The van der Waals surface area contributed by atoms with Crippen LogP contribution in [0.1, 0.15) is 54.5 Å². The molecule has 0 amide bonds. The van der Waals surface area contributed by atoms with Crippen molar-refractivity contribution in [3.05, 3.63) is 76.0 Å². The molecule has 0 spiro atoms. The van der Waals surface area contributed by atoms with E-state index in [-0.39, 0.29) is 30.8 Å². The lowest BCUT2D eigenvalue weighted by molar-refractivity contribution is 0.0213. The first-order valence-corrected chi connectivity index (χ1v) is 13.2. The molecule has 1 heterocycles. The third-order valence-corrected chi connectivity index (χ3v) is 8.01. The standard InChI is InChI=1S/C31H35F2NO3/c1-17-5-22-12-30(34-14-23(22)6-17)36-16-24-11-27(29(33)13-28(24)32)31-18(2)7-25(8-19(31)3)37-26-9-21(10-26)20(4)15-35/h7-8,11-14,17,20-21,26,35H,5-6,9-10,15-16H2,1-4H3. The summed E-state index contributed by atoms with van der Waals surface area (Å²) in [5.41, 5.74) is 5.55. The van der Waals surface area contributed by atoms with E-state index in [0.717, 1.165) is 54.2 Å². The fourth-order valence-corrected chi connectivity index (χ4v) is 5.75. The van der Waals surface area contributed by atoms with E-state index in [9.17, 15) is 9.50 Å². The maximum absolute atomic E-state index is 15.0. The fourth-order valence-electron chi connectivity index (χ4n) is 5.75. The average Bonchev–Trinajstić information content (AvgIpc) is 3.20. The zero-order valence-electron chi connectivity index (χ0n) is 22.0. The molecule has 196 valence electrons. The number of nitrogens with zero attached hydrogens (tertiary/aromatic N) is 1. The molecule has 1 aromatic heterocycles. The van der Waals surface area contributed by atoms with Gasteiger partial charge in [0.25, 0.3) is 0 Å². The van der Waals surface area contributed by atoms with Gasteiger partial charge in [-0.2, -0.15) is 0 Å². The van der Waals surface area contributed by atoms with Crippen LogP contribution in [-0.4, -0.2) is 22.8 Å². The number of halogens is 2. The minimum absolute atomic E-state index is 0.0329. The van der Waals surface area contributed by atoms with Gasteiger partial charge in [-0.3, -0.25) is 0 Å². The van der Waals surface area contributed by atoms with Crippen LogP contribution in [0.25, 0.3) is 11.1 Å². The molecule has 0 aliphatic heterocycles. The van der Waals surface area contributed by atoms with Crippen molar-refractivity contribution in [1.29, 1.82) is 0 Å². The van der Waals surface area contributed by atoms with Gasteiger partial charge in [-0.05, 0) is 103 Å². The summed E-state index contributed by atoms with van der Waals surface area (Å²) in [6.45, 7) is 8.27. The summed E-state index contributed by atoms with van der Waals surface area (Å²) in [6.07, 6.45) is 5.83. The van der Waals surface area contributed by atoms with Crippen molar-refractivity contribution in [1.82, 2.24) is 4.98 Å². The molecule has 2 atom stereocenters. The monoisotopic (exact) mass is 507 g/mol. The Hall–Kier alpha value is -2.99. The Morgan fingerprint density at radius 1 is 1.00 bits per heavy atom. The molecule has 2 aromatic carbocycles. The first kappa shape index (κ1) is 25.7. The molecule has 2 unspecified atom stereocenters. The van der Waals surface area contributed by atoms with Gasteiger partial charge >= 0.3 is 0 Å². The number of rotatable bonds is 8. The topological polar surface area (TPSA) is 51.6 Å². The van der Waals surface area contributed by atoms with Crippen LogP contribution in [0.5, 0.6) is 11.6 Å². The maximum atomic E-state index is 15.0. The minimum Gasteiger partial charge on any atom is -0.490 e. The van der Waals surface area contributed by atoms with Crippen molar-refractivity contribution < 1.29 is 23.4 Å². The van der Waals surface area contributed by atoms with Crippen molar-refractivity contribution in [2.75, 3.05) is 6.61 Å². The number of pyridine rings is 1. The molecule has 2 aliphatic rings. The predicted molar refractivity (Wildman–Crippen MR) is 140 cm³/mol. The Morgan fingerprint density at radius 3 is 2.41 bits per heavy atom. The molecule has 1 saturated carbocycles. The van der Waals surface area contributed by atoms with E-state index in [1.165, 1.54) is 11.1 Å². The molecule has 0 saturated heterocycles. The van der Waals surface area contributed by atoms with Crippen molar-refractivity contribution >= 4 is 0 Å². The number of hydrogen-bond acceptors (Lipinski definition) is 4. The molecule has 1 fully saturated rings. The van der Waals surface area contributed by atoms with Crippen LogP contribution in [0.2, 0.25) is 0 Å². The van der Waals surface area contributed by atoms with Crippen molar-refractivity contribution in [3.8, 4) is 22.8 Å². The summed E-state index contributed by atoms with van der Waals surface area (Å²) in [7, 11) is 0. The molecule has 0 radical (unpaired) electrons. The molecule has 6 heteroatoms. The predicted octanol–water partition coefficient (Wildman–Crippen LogP) is 6.74. The molecule has 3 aromatic rings. The van der Waals surface area contributed by atoms with Crippen LogP contribution in [0.15, 0.2) is 36.5 Å². The molecule has 4 nitrogen and oxygen atoms in total. The number of ether oxygens (including phenoxy) is 2. The van der Waals surface area contributed by atoms with Gasteiger partial charge in [0, 0.05) is 36.1 Å². The normalized spacial score (nSPS) is 21.3. The summed E-state index contributed by atoms with van der Waals surface area (Å²) >= 11 is 0. The Morgan fingerprint density at radius 2 is 1.70 bits per heavy atom. The highest BCUT2D eigenvalue weighted by Crippen LogP contribution is 2.39. The van der Waals surface area contributed by atoms with E-state index >= 15 is 4.39 Å². The highest BCUT2D eigenvalue weighted by molar-refractivity contribution is 5.73. The molecular formula is C31H35F2NO3. The number of aliphatic hydroxyl groups excluding tert-OH is 1. The van der Waals surface area contributed by atoms with Gasteiger partial charge in [0.05, 0.1) is 6.10 Å². The molecular weight excluding hydrogens is 472 g/mol. The van der Waals surface area contributed by atoms with E-state index in [1.807, 2.05) is 38.2 Å². The van der Waals surface area contributed by atoms with Gasteiger partial charge < -0.3 is 14.6 Å². The molecule has 1 N–H and O–H groups in total. The lowest BCUT2D eigenvalue weighted by atomic mass is 9.74. The fraction of sp³-hybridized carbons (Fsp3) is 0.452. The van der Waals surface area contributed by atoms with E-state index < -0.39 is 11.6 Å². The average molecular weight is 508 g/mol. The Balaban J connectivity index is 1.32. The van der Waals surface area contributed by atoms with Gasteiger partial charge in [-0.25, -0.2) is 13.8 Å². The van der Waals surface area contributed by atoms with Crippen LogP contribution in [0, 0.1) is 43.2 Å². The molecule has 2 aliphatic carbocycles. The van der Waals surface area contributed by atoms with Crippen LogP contribution in [-0.2, 0) is 19.4 Å². The van der Waals surface area contributed by atoms with Crippen LogP contribution in [0.3, 0.4) is 0 Å². The number of aryl methyl sites for hydroxylation is 2. The molecule has 5 rings (SSSR count). The summed E-state index contributed by atoms with van der Waals surface area (Å²) in [5, 5.41) is 9.34. The van der Waals surface area contributed by atoms with E-state index in [0.29, 0.717) is 23.3 Å². The number of fused-ring (bicyclic) bond motifs is 1.